The molecule has 1 aliphatic heterocycles. The fourth-order valence-electron chi connectivity index (χ4n) is 7.15. The Morgan fingerprint density at radius 1 is 1.09 bits per heavy atom. The van der Waals surface area contributed by atoms with Crippen molar-refractivity contribution >= 4 is 28.0 Å². The average Bonchev–Trinajstić information content (AvgIpc) is 3.44. The lowest BCUT2D eigenvalue weighted by atomic mass is 10.1. The van der Waals surface area contributed by atoms with Gasteiger partial charge in [0.1, 0.15) is 16.9 Å². The van der Waals surface area contributed by atoms with Gasteiger partial charge in [-0.15, -0.1) is 0 Å². The number of aryl methyl sites for hydroxylation is 1. The monoisotopic (exact) mass is 577 g/mol. The van der Waals surface area contributed by atoms with E-state index in [1.165, 1.54) is 12.8 Å². The molecule has 1 saturated heterocycles. The number of hydrogen-bond acceptors (Lipinski definition) is 7. The molecule has 5 aromatic rings. The highest BCUT2D eigenvalue weighted by Gasteiger charge is 2.47. The van der Waals surface area contributed by atoms with Gasteiger partial charge in [-0.05, 0) is 80.0 Å². The molecule has 2 saturated carbocycles. The highest BCUT2D eigenvalue weighted by atomic mass is 16.5. The Bertz CT molecular complexity index is 1890. The van der Waals surface area contributed by atoms with Crippen molar-refractivity contribution in [2.45, 2.75) is 50.9 Å². The van der Waals surface area contributed by atoms with Crippen molar-refractivity contribution in [3.63, 3.8) is 0 Å². The van der Waals surface area contributed by atoms with Crippen LogP contribution in [0.5, 0.6) is 5.75 Å². The van der Waals surface area contributed by atoms with Crippen LogP contribution in [-0.2, 0) is 20.2 Å². The van der Waals surface area contributed by atoms with E-state index in [4.69, 9.17) is 20.4 Å². The smallest absolute Gasteiger partial charge is 0.254 e. The summed E-state index contributed by atoms with van der Waals surface area (Å²) >= 11 is 0. The molecule has 3 aliphatic rings. The number of likely N-dealkylation sites (tertiary alicyclic amines) is 1. The van der Waals surface area contributed by atoms with E-state index in [2.05, 4.69) is 26.3 Å². The first kappa shape index (κ1) is 26.4. The van der Waals surface area contributed by atoms with Gasteiger partial charge in [0.15, 0.2) is 5.82 Å². The van der Waals surface area contributed by atoms with Crippen molar-refractivity contribution in [2.24, 2.45) is 24.6 Å². The minimum atomic E-state index is -0.0911. The minimum absolute atomic E-state index is 0.00357. The standard InChI is InChI=1S/C33H35N7O3/c1-38-30-25(11-22(13-28(30)43-2)33(42)40-16-21-7-10-26(40)29(21)34)37-32(38)27-12-19-6-9-24(20-5-8-23(17-41)35-14-20)36-31(19)39(27)15-18-3-4-18/h5-6,8-9,11-14,18,21,26,29,41H,3-4,7,10,15-17,34H2,1-2H3/t21-,26-,29-/m1/s1. The Kier molecular flexibility index (Phi) is 6.06. The summed E-state index contributed by atoms with van der Waals surface area (Å²) in [4.78, 5) is 30.2. The molecule has 1 aromatic carbocycles. The highest BCUT2D eigenvalue weighted by Crippen LogP contribution is 2.40. The highest BCUT2D eigenvalue weighted by molar-refractivity contribution is 6.00. The maximum atomic E-state index is 13.7. The van der Waals surface area contributed by atoms with Crippen LogP contribution < -0.4 is 10.5 Å². The Morgan fingerprint density at radius 2 is 1.95 bits per heavy atom. The summed E-state index contributed by atoms with van der Waals surface area (Å²) in [5.41, 5.74) is 12.8. The normalized spacial score (nSPS) is 21.4. The molecule has 2 aliphatic carbocycles. The molecule has 2 bridgehead atoms. The van der Waals surface area contributed by atoms with Gasteiger partial charge in [-0.2, -0.15) is 0 Å². The second kappa shape index (κ2) is 9.89. The molecule has 3 atom stereocenters. The summed E-state index contributed by atoms with van der Waals surface area (Å²) in [5, 5.41) is 10.4. The fraction of sp³-hybridized carbons (Fsp3) is 0.394. The predicted octanol–water partition coefficient (Wildman–Crippen LogP) is 4.12. The number of rotatable bonds is 7. The number of ether oxygens (including phenoxy) is 1. The van der Waals surface area contributed by atoms with Crippen molar-refractivity contribution in [1.82, 2.24) is 29.0 Å². The van der Waals surface area contributed by atoms with Crippen molar-refractivity contribution in [3.05, 3.63) is 59.9 Å². The zero-order valence-electron chi connectivity index (χ0n) is 24.4. The van der Waals surface area contributed by atoms with E-state index in [0.717, 1.165) is 70.8 Å². The Labute approximate surface area is 249 Å². The van der Waals surface area contributed by atoms with E-state index in [-0.39, 0.29) is 24.6 Å². The van der Waals surface area contributed by atoms with Crippen molar-refractivity contribution < 1.29 is 14.6 Å². The molecule has 4 aromatic heterocycles. The molecule has 1 amide bonds. The number of piperidine rings is 1. The largest absolute Gasteiger partial charge is 0.494 e. The molecule has 8 rings (SSSR count). The number of nitrogens with two attached hydrogens (primary N) is 1. The molecule has 0 spiro atoms. The molecular weight excluding hydrogens is 542 g/mol. The van der Waals surface area contributed by atoms with Gasteiger partial charge in [-0.1, -0.05) is 0 Å². The lowest BCUT2D eigenvalue weighted by molar-refractivity contribution is 0.0700. The number of carbonyl (C=O) groups excluding carboxylic acids is 1. The minimum Gasteiger partial charge on any atom is -0.494 e. The number of carbonyl (C=O) groups is 1. The average molecular weight is 578 g/mol. The SMILES string of the molecule is COc1cc(C(=O)N2C[C@H]3CC[C@@H]2[C@@H]3N)cc2nc(-c3cc4ccc(-c5ccc(CO)nc5)nc4n3CC3CC3)n(C)c12. The van der Waals surface area contributed by atoms with E-state index in [9.17, 15) is 9.90 Å². The number of aromatic nitrogens is 5. The third-order valence-electron chi connectivity index (χ3n) is 9.71. The summed E-state index contributed by atoms with van der Waals surface area (Å²) in [6.45, 7) is 1.49. The van der Waals surface area contributed by atoms with Crippen LogP contribution in [0.3, 0.4) is 0 Å². The third kappa shape index (κ3) is 4.23. The number of hydrogen-bond donors (Lipinski definition) is 2. The lowest BCUT2D eigenvalue weighted by Crippen LogP contribution is -2.41. The Balaban J connectivity index is 1.23. The number of fused-ring (bicyclic) bond motifs is 4. The summed E-state index contributed by atoms with van der Waals surface area (Å²) in [6, 6.07) is 13.9. The number of amides is 1. The number of nitrogens with zero attached hydrogens (tertiary/aromatic N) is 6. The predicted molar refractivity (Wildman–Crippen MR) is 163 cm³/mol. The third-order valence-corrected chi connectivity index (χ3v) is 9.71. The van der Waals surface area contributed by atoms with Crippen LogP contribution in [0, 0.1) is 11.8 Å². The van der Waals surface area contributed by atoms with E-state index >= 15 is 0 Å². The number of methoxy groups -OCH3 is 1. The first-order chi connectivity index (χ1) is 20.9. The van der Waals surface area contributed by atoms with Gasteiger partial charge in [0.25, 0.3) is 5.91 Å². The van der Waals surface area contributed by atoms with E-state index in [1.807, 2.05) is 42.3 Å². The molecule has 0 radical (unpaired) electrons. The number of aliphatic hydroxyl groups is 1. The maximum Gasteiger partial charge on any atom is 0.254 e. The van der Waals surface area contributed by atoms with Crippen LogP contribution in [0.1, 0.15) is 41.7 Å². The van der Waals surface area contributed by atoms with Crippen LogP contribution in [0.2, 0.25) is 0 Å². The van der Waals surface area contributed by atoms with Gasteiger partial charge >= 0.3 is 0 Å². The van der Waals surface area contributed by atoms with E-state index < -0.39 is 0 Å². The van der Waals surface area contributed by atoms with Gasteiger partial charge in [0, 0.05) is 54.9 Å². The van der Waals surface area contributed by atoms with Crippen LogP contribution in [0.4, 0.5) is 0 Å². The summed E-state index contributed by atoms with van der Waals surface area (Å²) in [6.07, 6.45) is 6.23. The molecule has 43 heavy (non-hydrogen) atoms. The van der Waals surface area contributed by atoms with Gasteiger partial charge < -0.3 is 29.6 Å². The maximum absolute atomic E-state index is 13.7. The topological polar surface area (TPSA) is 124 Å². The van der Waals surface area contributed by atoms with Crippen LogP contribution in [-0.4, -0.2) is 65.7 Å². The first-order valence-electron chi connectivity index (χ1n) is 15.1. The van der Waals surface area contributed by atoms with Gasteiger partial charge in [0.2, 0.25) is 0 Å². The quantitative estimate of drug-likeness (QED) is 0.298. The molecule has 0 unspecified atom stereocenters. The van der Waals surface area contributed by atoms with Crippen LogP contribution >= 0.6 is 0 Å². The fourth-order valence-corrected chi connectivity index (χ4v) is 7.15. The molecule has 10 nitrogen and oxygen atoms in total. The second-order valence-electron chi connectivity index (χ2n) is 12.4. The molecule has 5 heterocycles. The van der Waals surface area contributed by atoms with E-state index in [0.29, 0.717) is 28.8 Å². The molecule has 10 heteroatoms. The Hall–Kier alpha value is -4.28. The van der Waals surface area contributed by atoms with Crippen LogP contribution in [0.15, 0.2) is 48.7 Å². The van der Waals surface area contributed by atoms with Crippen molar-refractivity contribution in [2.75, 3.05) is 13.7 Å². The molecular formula is C33H35N7O3. The molecule has 220 valence electrons. The summed E-state index contributed by atoms with van der Waals surface area (Å²) < 4.78 is 10.2. The summed E-state index contributed by atoms with van der Waals surface area (Å²) in [7, 11) is 3.64. The second-order valence-corrected chi connectivity index (χ2v) is 12.4. The zero-order chi connectivity index (χ0) is 29.4. The van der Waals surface area contributed by atoms with Gasteiger partial charge in [-0.25, -0.2) is 9.97 Å². The first-order valence-corrected chi connectivity index (χ1v) is 15.1. The Morgan fingerprint density at radius 3 is 2.63 bits per heavy atom. The van der Waals surface area contributed by atoms with Crippen molar-refractivity contribution in [1.29, 1.82) is 0 Å². The molecule has 3 fully saturated rings. The van der Waals surface area contributed by atoms with Gasteiger partial charge in [-0.3, -0.25) is 9.78 Å². The van der Waals surface area contributed by atoms with Crippen LogP contribution in [0.25, 0.3) is 44.8 Å². The van der Waals surface area contributed by atoms with Gasteiger partial charge in [0.05, 0.1) is 36.3 Å². The number of imidazole rings is 1. The van der Waals surface area contributed by atoms with Crippen molar-refractivity contribution in [3.8, 4) is 28.5 Å². The number of pyridine rings is 2. The lowest BCUT2D eigenvalue weighted by Gasteiger charge is -2.27. The van der Waals surface area contributed by atoms with E-state index in [1.54, 1.807) is 13.3 Å². The number of benzene rings is 1. The molecule has 3 N–H and O–H groups in total. The zero-order valence-corrected chi connectivity index (χ0v) is 24.4. The summed E-state index contributed by atoms with van der Waals surface area (Å²) in [5.74, 6) is 2.42. The number of aliphatic hydroxyl groups excluding tert-OH is 1.